The molecule has 0 aliphatic heterocycles. The predicted octanol–water partition coefficient (Wildman–Crippen LogP) is 3.03. The monoisotopic (exact) mass is 268 g/mol. The number of hydrogen-bond donors (Lipinski definition) is 1. The molecule has 4 heteroatoms. The van der Waals surface area contributed by atoms with Crippen LogP contribution in [0.1, 0.15) is 60.3 Å². The van der Waals surface area contributed by atoms with E-state index in [1.54, 1.807) is 0 Å². The SMILES string of the molecule is CCCC(CNC(C#N)CC)CC(=O)OC(C)(C)C. The number of ether oxygens (including phenoxy) is 1. The standard InChI is InChI=1S/C15H28N2O2/c1-6-8-12(11-17-13(7-2)10-16)9-14(18)19-15(3,4)5/h12-13,17H,6-9,11H2,1-5H3. The minimum atomic E-state index is -0.431. The van der Waals surface area contributed by atoms with E-state index < -0.39 is 5.60 Å². The maximum absolute atomic E-state index is 11.8. The van der Waals surface area contributed by atoms with E-state index in [1.165, 1.54) is 0 Å². The third-order valence-corrected chi connectivity index (χ3v) is 2.79. The molecule has 0 saturated carbocycles. The smallest absolute Gasteiger partial charge is 0.306 e. The lowest BCUT2D eigenvalue weighted by Crippen LogP contribution is -2.34. The van der Waals surface area contributed by atoms with E-state index in [0.29, 0.717) is 13.0 Å². The Bertz CT molecular complexity index is 302. The van der Waals surface area contributed by atoms with Crippen molar-refractivity contribution in [2.45, 2.75) is 71.9 Å². The minimum Gasteiger partial charge on any atom is -0.460 e. The molecule has 0 aromatic carbocycles. The van der Waals surface area contributed by atoms with Crippen molar-refractivity contribution in [2.24, 2.45) is 5.92 Å². The van der Waals surface area contributed by atoms with E-state index in [9.17, 15) is 4.79 Å². The van der Waals surface area contributed by atoms with Gasteiger partial charge in [-0.05, 0) is 46.1 Å². The molecule has 0 aliphatic carbocycles. The van der Waals surface area contributed by atoms with E-state index in [4.69, 9.17) is 10.00 Å². The van der Waals surface area contributed by atoms with Crippen molar-refractivity contribution in [1.82, 2.24) is 5.32 Å². The highest BCUT2D eigenvalue weighted by molar-refractivity contribution is 5.70. The Hall–Kier alpha value is -1.08. The summed E-state index contributed by atoms with van der Waals surface area (Å²) in [5, 5.41) is 12.1. The second-order valence-electron chi connectivity index (χ2n) is 5.94. The maximum Gasteiger partial charge on any atom is 0.306 e. The molecule has 0 aromatic rings. The van der Waals surface area contributed by atoms with Gasteiger partial charge in [0, 0.05) is 6.42 Å². The van der Waals surface area contributed by atoms with Crippen molar-refractivity contribution in [1.29, 1.82) is 5.26 Å². The fourth-order valence-electron chi connectivity index (χ4n) is 1.89. The molecule has 0 heterocycles. The largest absolute Gasteiger partial charge is 0.460 e. The predicted molar refractivity (Wildman–Crippen MR) is 76.6 cm³/mol. The Balaban J connectivity index is 4.26. The summed E-state index contributed by atoms with van der Waals surface area (Å²) in [5.74, 6) is 0.0833. The van der Waals surface area contributed by atoms with E-state index in [0.717, 1.165) is 19.3 Å². The Morgan fingerprint density at radius 1 is 1.37 bits per heavy atom. The van der Waals surface area contributed by atoms with Crippen molar-refractivity contribution < 1.29 is 9.53 Å². The van der Waals surface area contributed by atoms with Gasteiger partial charge in [0.25, 0.3) is 0 Å². The summed E-state index contributed by atoms with van der Waals surface area (Å²) in [5.41, 5.74) is -0.431. The Kier molecular flexibility index (Phi) is 8.42. The number of carbonyl (C=O) groups excluding carboxylic acids is 1. The first-order valence-electron chi connectivity index (χ1n) is 7.17. The lowest BCUT2D eigenvalue weighted by atomic mass is 9.99. The van der Waals surface area contributed by atoms with Gasteiger partial charge >= 0.3 is 5.97 Å². The molecule has 2 unspecified atom stereocenters. The number of carbonyl (C=O) groups is 1. The van der Waals surface area contributed by atoms with Crippen molar-refractivity contribution >= 4 is 5.97 Å². The van der Waals surface area contributed by atoms with Crippen LogP contribution in [0.2, 0.25) is 0 Å². The molecule has 0 radical (unpaired) electrons. The first-order valence-corrected chi connectivity index (χ1v) is 7.17. The molecule has 0 fully saturated rings. The fraction of sp³-hybridized carbons (Fsp3) is 0.867. The van der Waals surface area contributed by atoms with Crippen LogP contribution in [0.5, 0.6) is 0 Å². The first-order chi connectivity index (χ1) is 8.82. The normalized spacial score (nSPS) is 14.5. The number of nitrogens with one attached hydrogen (secondary N) is 1. The number of rotatable bonds is 8. The highest BCUT2D eigenvalue weighted by Gasteiger charge is 2.20. The summed E-state index contributed by atoms with van der Waals surface area (Å²) >= 11 is 0. The summed E-state index contributed by atoms with van der Waals surface area (Å²) in [6, 6.07) is 2.09. The molecule has 0 spiro atoms. The molecule has 0 rings (SSSR count). The van der Waals surface area contributed by atoms with Crippen LogP contribution >= 0.6 is 0 Å². The fourth-order valence-corrected chi connectivity index (χ4v) is 1.89. The molecular weight excluding hydrogens is 240 g/mol. The molecule has 110 valence electrons. The molecule has 1 N–H and O–H groups in total. The van der Waals surface area contributed by atoms with Gasteiger partial charge in [-0.2, -0.15) is 5.26 Å². The van der Waals surface area contributed by atoms with Crippen LogP contribution in [0.3, 0.4) is 0 Å². The van der Waals surface area contributed by atoms with Crippen LogP contribution in [0.15, 0.2) is 0 Å². The maximum atomic E-state index is 11.8. The van der Waals surface area contributed by atoms with Gasteiger partial charge in [0.15, 0.2) is 0 Å². The molecule has 0 aliphatic rings. The van der Waals surface area contributed by atoms with Crippen molar-refractivity contribution in [3.63, 3.8) is 0 Å². The molecule has 0 aromatic heterocycles. The van der Waals surface area contributed by atoms with E-state index in [2.05, 4.69) is 18.3 Å². The van der Waals surface area contributed by atoms with Crippen LogP contribution in [0, 0.1) is 17.2 Å². The Morgan fingerprint density at radius 2 is 2.00 bits per heavy atom. The van der Waals surface area contributed by atoms with Gasteiger partial charge in [0.05, 0.1) is 12.1 Å². The third-order valence-electron chi connectivity index (χ3n) is 2.79. The van der Waals surface area contributed by atoms with Crippen molar-refractivity contribution in [3.05, 3.63) is 0 Å². The van der Waals surface area contributed by atoms with Crippen LogP contribution in [0.4, 0.5) is 0 Å². The lowest BCUT2D eigenvalue weighted by molar-refractivity contribution is -0.156. The summed E-state index contributed by atoms with van der Waals surface area (Å²) in [7, 11) is 0. The van der Waals surface area contributed by atoms with Gasteiger partial charge in [-0.3, -0.25) is 4.79 Å². The van der Waals surface area contributed by atoms with Crippen molar-refractivity contribution in [3.8, 4) is 6.07 Å². The van der Waals surface area contributed by atoms with Crippen LogP contribution < -0.4 is 5.32 Å². The number of hydrogen-bond acceptors (Lipinski definition) is 4. The third kappa shape index (κ3) is 9.49. The van der Waals surface area contributed by atoms with Gasteiger partial charge in [-0.15, -0.1) is 0 Å². The Labute approximate surface area is 117 Å². The number of nitrogens with zero attached hydrogens (tertiary/aromatic N) is 1. The average molecular weight is 268 g/mol. The summed E-state index contributed by atoms with van der Waals surface area (Å²) in [6.45, 7) is 10.4. The molecular formula is C15H28N2O2. The minimum absolute atomic E-state index is 0.127. The van der Waals surface area contributed by atoms with Gasteiger partial charge < -0.3 is 10.1 Å². The molecule has 0 saturated heterocycles. The molecule has 2 atom stereocenters. The molecule has 0 amide bonds. The van der Waals surface area contributed by atoms with E-state index in [1.807, 2.05) is 27.7 Å². The topological polar surface area (TPSA) is 62.1 Å². The zero-order chi connectivity index (χ0) is 14.9. The van der Waals surface area contributed by atoms with Crippen molar-refractivity contribution in [2.75, 3.05) is 6.54 Å². The van der Waals surface area contributed by atoms with Gasteiger partial charge in [-0.25, -0.2) is 0 Å². The lowest BCUT2D eigenvalue weighted by Gasteiger charge is -2.23. The highest BCUT2D eigenvalue weighted by Crippen LogP contribution is 2.15. The van der Waals surface area contributed by atoms with Gasteiger partial charge in [0.1, 0.15) is 5.60 Å². The Morgan fingerprint density at radius 3 is 2.42 bits per heavy atom. The van der Waals surface area contributed by atoms with Crippen LogP contribution in [-0.4, -0.2) is 24.2 Å². The second-order valence-corrected chi connectivity index (χ2v) is 5.94. The zero-order valence-corrected chi connectivity index (χ0v) is 13.0. The molecule has 19 heavy (non-hydrogen) atoms. The van der Waals surface area contributed by atoms with Gasteiger partial charge in [-0.1, -0.05) is 20.3 Å². The van der Waals surface area contributed by atoms with Crippen LogP contribution in [0.25, 0.3) is 0 Å². The zero-order valence-electron chi connectivity index (χ0n) is 13.0. The summed E-state index contributed by atoms with van der Waals surface area (Å²) < 4.78 is 5.34. The van der Waals surface area contributed by atoms with E-state index in [-0.39, 0.29) is 17.9 Å². The highest BCUT2D eigenvalue weighted by atomic mass is 16.6. The number of esters is 1. The molecule has 4 nitrogen and oxygen atoms in total. The van der Waals surface area contributed by atoms with E-state index >= 15 is 0 Å². The quantitative estimate of drug-likeness (QED) is 0.687. The summed E-state index contributed by atoms with van der Waals surface area (Å²) in [6.07, 6.45) is 3.19. The summed E-state index contributed by atoms with van der Waals surface area (Å²) in [4.78, 5) is 11.8. The average Bonchev–Trinajstić information content (AvgIpc) is 2.27. The van der Waals surface area contributed by atoms with Crippen LogP contribution in [-0.2, 0) is 9.53 Å². The second kappa shape index (κ2) is 8.92. The van der Waals surface area contributed by atoms with Gasteiger partial charge in [0.2, 0.25) is 0 Å². The first kappa shape index (κ1) is 17.9. The molecule has 0 bridgehead atoms. The number of nitriles is 1.